The van der Waals surface area contributed by atoms with Crippen LogP contribution >= 0.6 is 11.8 Å². The van der Waals surface area contributed by atoms with Crippen LogP contribution in [-0.4, -0.2) is 30.3 Å². The van der Waals surface area contributed by atoms with E-state index in [9.17, 15) is 0 Å². The van der Waals surface area contributed by atoms with Crippen LogP contribution in [0.2, 0.25) is 0 Å². The quantitative estimate of drug-likeness (QED) is 0.674. The van der Waals surface area contributed by atoms with Crippen molar-refractivity contribution in [2.75, 3.05) is 5.75 Å². The number of fused-ring (bicyclic) bond motifs is 1. The van der Waals surface area contributed by atoms with Gasteiger partial charge in [-0.3, -0.25) is 4.98 Å². The van der Waals surface area contributed by atoms with Crippen LogP contribution in [0, 0.1) is 0 Å². The number of pyridine rings is 1. The highest BCUT2D eigenvalue weighted by molar-refractivity contribution is 7.99. The van der Waals surface area contributed by atoms with Crippen LogP contribution in [0.3, 0.4) is 0 Å². The largest absolute Gasteiger partial charge is 0.264 e. The minimum absolute atomic E-state index is 0.618. The average Bonchev–Trinajstić information content (AvgIpc) is 2.82. The molecule has 0 aliphatic carbocycles. The van der Waals surface area contributed by atoms with Crippen LogP contribution < -0.4 is 0 Å². The van der Waals surface area contributed by atoms with Crippen LogP contribution in [0.4, 0.5) is 0 Å². The topological polar surface area (TPSA) is 56.0 Å². The Morgan fingerprint density at radius 2 is 2.22 bits per heavy atom. The summed E-state index contributed by atoms with van der Waals surface area (Å²) in [6.45, 7) is 2.08. The molecule has 0 unspecified atom stereocenters. The highest BCUT2D eigenvalue weighted by Gasteiger charge is 2.09. The van der Waals surface area contributed by atoms with Crippen LogP contribution in [0.1, 0.15) is 6.92 Å². The van der Waals surface area contributed by atoms with E-state index in [1.807, 2.05) is 24.4 Å². The van der Waals surface area contributed by atoms with E-state index in [4.69, 9.17) is 0 Å². The molecule has 18 heavy (non-hydrogen) atoms. The predicted molar refractivity (Wildman–Crippen MR) is 70.4 cm³/mol. The summed E-state index contributed by atoms with van der Waals surface area (Å²) in [6, 6.07) is 5.81. The Morgan fingerprint density at radius 1 is 1.28 bits per heavy atom. The fourth-order valence-electron chi connectivity index (χ4n) is 1.70. The highest BCUT2D eigenvalue weighted by atomic mass is 32.2. The summed E-state index contributed by atoms with van der Waals surface area (Å²) in [5.41, 5.74) is 1.95. The molecule has 5 nitrogen and oxygen atoms in total. The van der Waals surface area contributed by atoms with Crippen molar-refractivity contribution in [1.82, 2.24) is 24.6 Å². The molecular weight excluding hydrogens is 246 g/mol. The fraction of sp³-hybridized carbons (Fsp3) is 0.167. The maximum absolute atomic E-state index is 4.46. The lowest BCUT2D eigenvalue weighted by molar-refractivity contribution is 0.886. The molecule has 0 fully saturated rings. The molecule has 0 aliphatic heterocycles. The summed E-state index contributed by atoms with van der Waals surface area (Å²) >= 11 is 1.61. The SMILES string of the molecule is CCSc1nc2nccc(-c3cccnc3)n2n1. The van der Waals surface area contributed by atoms with Crippen LogP contribution in [0.25, 0.3) is 17.0 Å². The van der Waals surface area contributed by atoms with Gasteiger partial charge in [0.15, 0.2) is 0 Å². The molecule has 3 heterocycles. The van der Waals surface area contributed by atoms with Gasteiger partial charge in [0, 0.05) is 24.2 Å². The van der Waals surface area contributed by atoms with Gasteiger partial charge >= 0.3 is 0 Å². The molecule has 0 N–H and O–H groups in total. The third-order valence-corrected chi connectivity index (χ3v) is 3.17. The summed E-state index contributed by atoms with van der Waals surface area (Å²) in [5.74, 6) is 1.56. The first-order valence-corrected chi connectivity index (χ1v) is 6.62. The van der Waals surface area contributed by atoms with E-state index >= 15 is 0 Å². The zero-order valence-corrected chi connectivity index (χ0v) is 10.6. The average molecular weight is 257 g/mol. The van der Waals surface area contributed by atoms with E-state index in [-0.39, 0.29) is 0 Å². The molecule has 6 heteroatoms. The van der Waals surface area contributed by atoms with Gasteiger partial charge in [-0.2, -0.15) is 9.50 Å². The van der Waals surface area contributed by atoms with E-state index in [1.54, 1.807) is 28.7 Å². The van der Waals surface area contributed by atoms with E-state index < -0.39 is 0 Å². The van der Waals surface area contributed by atoms with Crippen molar-refractivity contribution in [2.24, 2.45) is 0 Å². The number of nitrogens with zero attached hydrogens (tertiary/aromatic N) is 5. The molecule has 0 saturated carbocycles. The molecule has 0 saturated heterocycles. The normalized spacial score (nSPS) is 10.9. The van der Waals surface area contributed by atoms with Crippen LogP contribution in [-0.2, 0) is 0 Å². The summed E-state index contributed by atoms with van der Waals surface area (Å²) in [4.78, 5) is 12.7. The second kappa shape index (κ2) is 4.73. The molecule has 0 radical (unpaired) electrons. The predicted octanol–water partition coefficient (Wildman–Crippen LogP) is 2.30. The molecule has 0 aliphatic rings. The molecule has 3 rings (SSSR count). The third kappa shape index (κ3) is 1.95. The van der Waals surface area contributed by atoms with E-state index in [0.29, 0.717) is 5.78 Å². The maximum Gasteiger partial charge on any atom is 0.253 e. The fourth-order valence-corrected chi connectivity index (χ4v) is 2.24. The van der Waals surface area contributed by atoms with Gasteiger partial charge in [0.2, 0.25) is 5.16 Å². The molecule has 3 aromatic heterocycles. The first kappa shape index (κ1) is 11.2. The van der Waals surface area contributed by atoms with Gasteiger partial charge in [0.25, 0.3) is 5.78 Å². The zero-order valence-electron chi connectivity index (χ0n) is 9.82. The van der Waals surface area contributed by atoms with E-state index in [1.165, 1.54) is 0 Å². The summed E-state index contributed by atoms with van der Waals surface area (Å²) in [5, 5.41) is 5.21. The first-order valence-electron chi connectivity index (χ1n) is 5.63. The van der Waals surface area contributed by atoms with Crippen molar-refractivity contribution in [1.29, 1.82) is 0 Å². The number of rotatable bonds is 3. The Balaban J connectivity index is 2.17. The molecule has 90 valence electrons. The van der Waals surface area contributed by atoms with Crippen molar-refractivity contribution in [3.63, 3.8) is 0 Å². The maximum atomic E-state index is 4.46. The molecular formula is C12H11N5S. The van der Waals surface area contributed by atoms with Crippen molar-refractivity contribution >= 4 is 17.5 Å². The van der Waals surface area contributed by atoms with Gasteiger partial charge in [-0.25, -0.2) is 4.98 Å². The standard InChI is InChI=1S/C12H11N5S/c1-2-18-12-15-11-14-7-5-10(17(11)16-12)9-4-3-6-13-8-9/h3-8H,2H2,1H3. The number of hydrogen-bond acceptors (Lipinski definition) is 5. The van der Waals surface area contributed by atoms with Crippen molar-refractivity contribution in [3.05, 3.63) is 36.8 Å². The van der Waals surface area contributed by atoms with Gasteiger partial charge in [0.1, 0.15) is 0 Å². The zero-order chi connectivity index (χ0) is 12.4. The van der Waals surface area contributed by atoms with Crippen LogP contribution in [0.15, 0.2) is 41.9 Å². The highest BCUT2D eigenvalue weighted by Crippen LogP contribution is 2.20. The lowest BCUT2D eigenvalue weighted by atomic mass is 10.2. The van der Waals surface area contributed by atoms with Crippen molar-refractivity contribution in [2.45, 2.75) is 12.1 Å². The minimum Gasteiger partial charge on any atom is -0.264 e. The molecule has 0 amide bonds. The smallest absolute Gasteiger partial charge is 0.253 e. The number of thioether (sulfide) groups is 1. The van der Waals surface area contributed by atoms with E-state index in [2.05, 4.69) is 27.0 Å². The molecule has 0 aromatic carbocycles. The van der Waals surface area contributed by atoms with Gasteiger partial charge in [0.05, 0.1) is 5.69 Å². The van der Waals surface area contributed by atoms with Crippen molar-refractivity contribution < 1.29 is 0 Å². The molecule has 0 spiro atoms. The van der Waals surface area contributed by atoms with Gasteiger partial charge < -0.3 is 0 Å². The Hall–Kier alpha value is -1.95. The Bertz CT molecular complexity index is 665. The number of hydrogen-bond donors (Lipinski definition) is 0. The summed E-state index contributed by atoms with van der Waals surface area (Å²) < 4.78 is 1.76. The van der Waals surface area contributed by atoms with E-state index in [0.717, 1.165) is 22.2 Å². The van der Waals surface area contributed by atoms with Crippen molar-refractivity contribution in [3.8, 4) is 11.3 Å². The third-order valence-electron chi connectivity index (χ3n) is 2.45. The summed E-state index contributed by atoms with van der Waals surface area (Å²) in [6.07, 6.45) is 5.30. The Labute approximate surface area is 108 Å². The molecule has 0 bridgehead atoms. The lowest BCUT2D eigenvalue weighted by Gasteiger charge is -2.01. The van der Waals surface area contributed by atoms with Gasteiger partial charge in [-0.15, -0.1) is 5.10 Å². The second-order valence-electron chi connectivity index (χ2n) is 3.61. The number of aromatic nitrogens is 5. The monoisotopic (exact) mass is 257 g/mol. The van der Waals surface area contributed by atoms with Crippen LogP contribution in [0.5, 0.6) is 0 Å². The minimum atomic E-state index is 0.618. The second-order valence-corrected chi connectivity index (χ2v) is 4.84. The summed E-state index contributed by atoms with van der Waals surface area (Å²) in [7, 11) is 0. The lowest BCUT2D eigenvalue weighted by Crippen LogP contribution is -1.96. The Morgan fingerprint density at radius 3 is 3.00 bits per heavy atom. The molecule has 3 aromatic rings. The molecule has 0 atom stereocenters. The Kier molecular flexibility index (Phi) is 2.93. The van der Waals surface area contributed by atoms with Gasteiger partial charge in [-0.1, -0.05) is 18.7 Å². The first-order chi connectivity index (χ1) is 8.88. The van der Waals surface area contributed by atoms with Gasteiger partial charge in [-0.05, 0) is 24.0 Å².